The van der Waals surface area contributed by atoms with Crippen molar-refractivity contribution in [1.29, 1.82) is 0 Å². The Morgan fingerprint density at radius 3 is 2.90 bits per heavy atom. The highest BCUT2D eigenvalue weighted by atomic mass is 35.5. The first-order chi connectivity index (χ1) is 14.2. The number of benzene rings is 1. The number of nitrogens with zero attached hydrogens (tertiary/aromatic N) is 3. The molecule has 0 unspecified atom stereocenters. The van der Waals surface area contributed by atoms with Crippen LogP contribution in [0.4, 0.5) is 4.39 Å². The highest BCUT2D eigenvalue weighted by Gasteiger charge is 2.19. The summed E-state index contributed by atoms with van der Waals surface area (Å²) < 4.78 is 15.9. The summed E-state index contributed by atoms with van der Waals surface area (Å²) in [4.78, 5) is 12.3. The topological polar surface area (TPSA) is 46.5 Å². The summed E-state index contributed by atoms with van der Waals surface area (Å²) in [5, 5.41) is 1.10. The van der Waals surface area contributed by atoms with Gasteiger partial charge in [0.2, 0.25) is 0 Å². The van der Waals surface area contributed by atoms with Gasteiger partial charge >= 0.3 is 0 Å². The SMILES string of the molecule is Fc1ccc(-c2ncn(CC3=CCCC=C3)c2-c2ccnc3[nH]ccc23)cc1Cl. The Kier molecular flexibility index (Phi) is 4.52. The van der Waals surface area contributed by atoms with Crippen LogP contribution >= 0.6 is 11.6 Å². The van der Waals surface area contributed by atoms with E-state index in [1.54, 1.807) is 18.3 Å². The monoisotopic (exact) mass is 404 g/mol. The number of rotatable bonds is 4. The zero-order chi connectivity index (χ0) is 19.8. The lowest BCUT2D eigenvalue weighted by Gasteiger charge is -2.14. The van der Waals surface area contributed by atoms with Crippen LogP contribution in [0.15, 0.2) is 72.9 Å². The molecule has 0 saturated carbocycles. The van der Waals surface area contributed by atoms with Gasteiger partial charge in [0.05, 0.1) is 22.7 Å². The highest BCUT2D eigenvalue weighted by molar-refractivity contribution is 6.31. The van der Waals surface area contributed by atoms with Crippen LogP contribution in [0.1, 0.15) is 12.8 Å². The van der Waals surface area contributed by atoms with Gasteiger partial charge in [-0.05, 0) is 48.7 Å². The average Bonchev–Trinajstić information content (AvgIpc) is 3.38. The van der Waals surface area contributed by atoms with Crippen LogP contribution in [0, 0.1) is 5.82 Å². The van der Waals surface area contributed by atoms with E-state index in [9.17, 15) is 4.39 Å². The Morgan fingerprint density at radius 2 is 2.07 bits per heavy atom. The third-order valence-corrected chi connectivity index (χ3v) is 5.46. The molecule has 1 aromatic carbocycles. The molecule has 144 valence electrons. The van der Waals surface area contributed by atoms with E-state index in [2.05, 4.69) is 32.8 Å². The van der Waals surface area contributed by atoms with Crippen LogP contribution < -0.4 is 0 Å². The van der Waals surface area contributed by atoms with Crippen LogP contribution in [0.25, 0.3) is 33.5 Å². The fourth-order valence-electron chi connectivity index (χ4n) is 3.79. The molecule has 0 saturated heterocycles. The normalized spacial score (nSPS) is 13.8. The zero-order valence-corrected chi connectivity index (χ0v) is 16.3. The second kappa shape index (κ2) is 7.33. The van der Waals surface area contributed by atoms with E-state index >= 15 is 0 Å². The van der Waals surface area contributed by atoms with E-state index in [1.807, 2.05) is 24.7 Å². The average molecular weight is 405 g/mol. The van der Waals surface area contributed by atoms with Crippen LogP contribution in [0.3, 0.4) is 0 Å². The molecule has 0 amide bonds. The molecular formula is C23H18ClFN4. The van der Waals surface area contributed by atoms with E-state index in [-0.39, 0.29) is 5.02 Å². The number of aromatic amines is 1. The first-order valence-corrected chi connectivity index (χ1v) is 9.87. The van der Waals surface area contributed by atoms with E-state index in [0.717, 1.165) is 46.4 Å². The Balaban J connectivity index is 1.71. The summed E-state index contributed by atoms with van der Waals surface area (Å²) in [6.45, 7) is 0.710. The lowest BCUT2D eigenvalue weighted by atomic mass is 10.0. The molecule has 6 heteroatoms. The molecule has 0 aliphatic heterocycles. The number of imidazole rings is 1. The maximum absolute atomic E-state index is 13.7. The largest absolute Gasteiger partial charge is 0.346 e. The van der Waals surface area contributed by atoms with Crippen molar-refractivity contribution in [3.8, 4) is 22.5 Å². The Hall–Kier alpha value is -3.18. The van der Waals surface area contributed by atoms with Crippen molar-refractivity contribution < 1.29 is 4.39 Å². The van der Waals surface area contributed by atoms with Gasteiger partial charge in [-0.15, -0.1) is 0 Å². The Labute approximate surface area is 172 Å². The van der Waals surface area contributed by atoms with Gasteiger partial charge < -0.3 is 9.55 Å². The fraction of sp³-hybridized carbons (Fsp3) is 0.130. The van der Waals surface area contributed by atoms with Gasteiger partial charge in [0.1, 0.15) is 11.5 Å². The standard InChI is InChI=1S/C23H18ClFN4/c24-19-12-16(6-7-20(19)25)21-22(17-8-10-26-23-18(17)9-11-27-23)29(14-28-21)13-15-4-2-1-3-5-15/h2,4-12,14H,1,3,13H2,(H,26,27). The second-order valence-corrected chi connectivity index (χ2v) is 7.46. The molecule has 4 aromatic rings. The summed E-state index contributed by atoms with van der Waals surface area (Å²) in [5.74, 6) is -0.439. The molecule has 3 heterocycles. The molecule has 0 bridgehead atoms. The van der Waals surface area contributed by atoms with Crippen molar-refractivity contribution in [1.82, 2.24) is 19.5 Å². The molecule has 1 aliphatic rings. The van der Waals surface area contributed by atoms with Gasteiger partial charge in [0.15, 0.2) is 0 Å². The number of H-pyrrole nitrogens is 1. The van der Waals surface area contributed by atoms with Crippen LogP contribution in [-0.4, -0.2) is 19.5 Å². The summed E-state index contributed by atoms with van der Waals surface area (Å²) in [5.41, 5.74) is 5.58. The molecule has 0 fully saturated rings. The molecule has 5 rings (SSSR count). The molecule has 1 aliphatic carbocycles. The summed E-state index contributed by atoms with van der Waals surface area (Å²) >= 11 is 6.06. The molecular weight excluding hydrogens is 387 g/mol. The second-order valence-electron chi connectivity index (χ2n) is 7.06. The smallest absolute Gasteiger partial charge is 0.141 e. The van der Waals surface area contributed by atoms with E-state index in [1.165, 1.54) is 11.6 Å². The predicted octanol–water partition coefficient (Wildman–Crippen LogP) is 6.16. The number of fused-ring (bicyclic) bond motifs is 1. The van der Waals surface area contributed by atoms with E-state index in [0.29, 0.717) is 6.54 Å². The van der Waals surface area contributed by atoms with Gasteiger partial charge in [-0.25, -0.2) is 14.4 Å². The summed E-state index contributed by atoms with van der Waals surface area (Å²) in [6, 6.07) is 8.72. The van der Waals surface area contributed by atoms with Crippen molar-refractivity contribution in [2.75, 3.05) is 0 Å². The Morgan fingerprint density at radius 1 is 1.14 bits per heavy atom. The molecule has 0 atom stereocenters. The molecule has 29 heavy (non-hydrogen) atoms. The van der Waals surface area contributed by atoms with Crippen molar-refractivity contribution in [2.24, 2.45) is 0 Å². The van der Waals surface area contributed by atoms with Crippen molar-refractivity contribution >= 4 is 22.6 Å². The number of nitrogens with one attached hydrogen (secondary N) is 1. The van der Waals surface area contributed by atoms with Crippen LogP contribution in [0.2, 0.25) is 5.02 Å². The van der Waals surface area contributed by atoms with Crippen molar-refractivity contribution in [2.45, 2.75) is 19.4 Å². The number of halogens is 2. The molecule has 3 aromatic heterocycles. The number of pyridine rings is 1. The number of aromatic nitrogens is 4. The third-order valence-electron chi connectivity index (χ3n) is 5.17. The van der Waals surface area contributed by atoms with Gasteiger partial charge in [-0.1, -0.05) is 29.8 Å². The van der Waals surface area contributed by atoms with Crippen molar-refractivity contribution in [3.63, 3.8) is 0 Å². The summed E-state index contributed by atoms with van der Waals surface area (Å²) in [7, 11) is 0. The Bertz CT molecular complexity index is 1270. The minimum atomic E-state index is -0.439. The van der Waals surface area contributed by atoms with Crippen molar-refractivity contribution in [3.05, 3.63) is 83.7 Å². The van der Waals surface area contributed by atoms with Gasteiger partial charge in [0, 0.05) is 35.5 Å². The predicted molar refractivity (Wildman–Crippen MR) is 114 cm³/mol. The maximum Gasteiger partial charge on any atom is 0.141 e. The third kappa shape index (κ3) is 3.28. The summed E-state index contributed by atoms with van der Waals surface area (Å²) in [6.07, 6.45) is 14.3. The van der Waals surface area contributed by atoms with E-state index < -0.39 is 5.82 Å². The molecule has 0 radical (unpaired) electrons. The lowest BCUT2D eigenvalue weighted by molar-refractivity contribution is 0.628. The first-order valence-electron chi connectivity index (χ1n) is 9.49. The van der Waals surface area contributed by atoms with Gasteiger partial charge in [0.25, 0.3) is 0 Å². The van der Waals surface area contributed by atoms with Crippen LogP contribution in [-0.2, 0) is 6.54 Å². The number of hydrogen-bond acceptors (Lipinski definition) is 2. The van der Waals surface area contributed by atoms with Crippen LogP contribution in [0.5, 0.6) is 0 Å². The lowest BCUT2D eigenvalue weighted by Crippen LogP contribution is -2.03. The molecule has 1 N–H and O–H groups in total. The van der Waals surface area contributed by atoms with Gasteiger partial charge in [-0.3, -0.25) is 0 Å². The zero-order valence-electron chi connectivity index (χ0n) is 15.6. The maximum atomic E-state index is 13.7. The minimum absolute atomic E-state index is 0.0856. The molecule has 0 spiro atoms. The number of allylic oxidation sites excluding steroid dienone is 4. The fourth-order valence-corrected chi connectivity index (χ4v) is 3.97. The van der Waals surface area contributed by atoms with E-state index in [4.69, 9.17) is 16.6 Å². The first kappa shape index (κ1) is 17.9. The highest BCUT2D eigenvalue weighted by Crippen LogP contribution is 2.36. The van der Waals surface area contributed by atoms with Gasteiger partial charge in [-0.2, -0.15) is 0 Å². The quantitative estimate of drug-likeness (QED) is 0.442. The molecule has 4 nitrogen and oxygen atoms in total. The number of hydrogen-bond donors (Lipinski definition) is 1. The minimum Gasteiger partial charge on any atom is -0.346 e.